The van der Waals surface area contributed by atoms with Gasteiger partial charge in [-0.2, -0.15) is 0 Å². The molecular formula is C27H34N4. The van der Waals surface area contributed by atoms with E-state index in [1.807, 2.05) is 12.2 Å². The monoisotopic (exact) mass is 414 g/mol. The van der Waals surface area contributed by atoms with E-state index >= 15 is 0 Å². The van der Waals surface area contributed by atoms with Crippen molar-refractivity contribution in [2.24, 2.45) is 10.7 Å². The van der Waals surface area contributed by atoms with Gasteiger partial charge in [0.05, 0.1) is 22.8 Å². The Morgan fingerprint density at radius 2 is 1.65 bits per heavy atom. The molecule has 0 bridgehead atoms. The quantitative estimate of drug-likeness (QED) is 0.502. The van der Waals surface area contributed by atoms with Gasteiger partial charge in [0, 0.05) is 24.5 Å². The van der Waals surface area contributed by atoms with Gasteiger partial charge >= 0.3 is 0 Å². The lowest BCUT2D eigenvalue weighted by Crippen LogP contribution is -2.23. The van der Waals surface area contributed by atoms with Crippen LogP contribution in [0.2, 0.25) is 0 Å². The van der Waals surface area contributed by atoms with Gasteiger partial charge in [-0.05, 0) is 79.5 Å². The van der Waals surface area contributed by atoms with Gasteiger partial charge in [-0.15, -0.1) is 0 Å². The summed E-state index contributed by atoms with van der Waals surface area (Å²) in [6.07, 6.45) is 7.21. The van der Waals surface area contributed by atoms with Crippen molar-refractivity contribution in [2.75, 3.05) is 23.3 Å². The third kappa shape index (κ3) is 5.88. The molecule has 1 aliphatic carbocycles. The van der Waals surface area contributed by atoms with Crippen LogP contribution in [0.15, 0.2) is 89.2 Å². The topological polar surface area (TPSA) is 53.6 Å². The number of aryl methyl sites for hydroxylation is 1. The largest absolute Gasteiger partial charge is 0.397 e. The summed E-state index contributed by atoms with van der Waals surface area (Å²) >= 11 is 0. The Balaban J connectivity index is 1.78. The van der Waals surface area contributed by atoms with Crippen molar-refractivity contribution in [1.82, 2.24) is 0 Å². The van der Waals surface area contributed by atoms with Crippen LogP contribution in [0, 0.1) is 0 Å². The molecule has 0 saturated carbocycles. The summed E-state index contributed by atoms with van der Waals surface area (Å²) in [7, 11) is 0. The second kappa shape index (κ2) is 10.7. The average molecular weight is 415 g/mol. The Hall–Kier alpha value is -3.27. The van der Waals surface area contributed by atoms with E-state index in [-0.39, 0.29) is 0 Å². The molecule has 0 spiro atoms. The number of benzene rings is 2. The highest BCUT2D eigenvalue weighted by Gasteiger charge is 2.13. The molecule has 0 heterocycles. The molecule has 3 rings (SSSR count). The molecule has 2 aromatic carbocycles. The van der Waals surface area contributed by atoms with Gasteiger partial charge in [-0.25, -0.2) is 4.99 Å². The van der Waals surface area contributed by atoms with Crippen molar-refractivity contribution in [3.8, 4) is 0 Å². The fourth-order valence-electron chi connectivity index (χ4n) is 3.68. The van der Waals surface area contributed by atoms with Gasteiger partial charge in [-0.1, -0.05) is 39.0 Å². The van der Waals surface area contributed by atoms with Crippen LogP contribution >= 0.6 is 0 Å². The highest BCUT2D eigenvalue weighted by molar-refractivity contribution is 6.13. The maximum Gasteiger partial charge on any atom is 0.0725 e. The fourth-order valence-corrected chi connectivity index (χ4v) is 3.68. The van der Waals surface area contributed by atoms with Crippen LogP contribution in [0.25, 0.3) is 0 Å². The van der Waals surface area contributed by atoms with Gasteiger partial charge < -0.3 is 16.0 Å². The predicted octanol–water partition coefficient (Wildman–Crippen LogP) is 6.36. The fraction of sp³-hybridized carbons (Fsp3) is 0.296. The van der Waals surface area contributed by atoms with Crippen LogP contribution in [-0.2, 0) is 6.42 Å². The van der Waals surface area contributed by atoms with E-state index in [0.717, 1.165) is 60.7 Å². The molecule has 1 aliphatic rings. The van der Waals surface area contributed by atoms with Gasteiger partial charge in [0.1, 0.15) is 0 Å². The minimum absolute atomic E-state index is 0.660. The normalized spacial score (nSPS) is 14.9. The SMILES string of the molecule is C=C1C=C(N)C(Nc2ccc(N(CC)CCC)cc2)=CC1=Nc1ccc(CCC)cc1. The molecule has 0 atom stereocenters. The van der Waals surface area contributed by atoms with Crippen LogP contribution in [-0.4, -0.2) is 18.8 Å². The Kier molecular flexibility index (Phi) is 7.71. The van der Waals surface area contributed by atoms with E-state index in [2.05, 4.69) is 86.1 Å². The number of nitrogens with one attached hydrogen (secondary N) is 1. The van der Waals surface area contributed by atoms with Gasteiger partial charge in [0.15, 0.2) is 0 Å². The zero-order valence-corrected chi connectivity index (χ0v) is 19.0. The molecule has 0 saturated heterocycles. The van der Waals surface area contributed by atoms with Gasteiger partial charge in [0.2, 0.25) is 0 Å². The molecule has 162 valence electrons. The molecule has 0 aromatic heterocycles. The number of anilines is 2. The maximum atomic E-state index is 6.27. The lowest BCUT2D eigenvalue weighted by molar-refractivity contribution is 0.792. The van der Waals surface area contributed by atoms with Crippen LogP contribution in [0.4, 0.5) is 17.1 Å². The summed E-state index contributed by atoms with van der Waals surface area (Å²) in [5.74, 6) is 0. The van der Waals surface area contributed by atoms with Crippen LogP contribution in [0.5, 0.6) is 0 Å². The predicted molar refractivity (Wildman–Crippen MR) is 135 cm³/mol. The van der Waals surface area contributed by atoms with Crippen LogP contribution in [0.3, 0.4) is 0 Å². The Labute approximate surface area is 186 Å². The van der Waals surface area contributed by atoms with Crippen molar-refractivity contribution < 1.29 is 0 Å². The van der Waals surface area contributed by atoms with Crippen molar-refractivity contribution in [1.29, 1.82) is 0 Å². The summed E-state index contributed by atoms with van der Waals surface area (Å²) in [6, 6.07) is 16.9. The van der Waals surface area contributed by atoms with Crippen molar-refractivity contribution in [3.63, 3.8) is 0 Å². The lowest BCUT2D eigenvalue weighted by atomic mass is 10.0. The minimum atomic E-state index is 0.660. The van der Waals surface area contributed by atoms with E-state index in [9.17, 15) is 0 Å². The Bertz CT molecular complexity index is 979. The van der Waals surface area contributed by atoms with Gasteiger partial charge in [-0.3, -0.25) is 0 Å². The second-order valence-corrected chi connectivity index (χ2v) is 7.85. The summed E-state index contributed by atoms with van der Waals surface area (Å²) in [6.45, 7) is 12.8. The van der Waals surface area contributed by atoms with Gasteiger partial charge in [0.25, 0.3) is 0 Å². The maximum absolute atomic E-state index is 6.27. The first-order chi connectivity index (χ1) is 15.0. The first kappa shape index (κ1) is 22.4. The summed E-state index contributed by atoms with van der Waals surface area (Å²) in [5.41, 5.74) is 13.9. The molecule has 4 nitrogen and oxygen atoms in total. The van der Waals surface area contributed by atoms with E-state index in [4.69, 9.17) is 10.7 Å². The van der Waals surface area contributed by atoms with Crippen molar-refractivity contribution in [2.45, 2.75) is 40.0 Å². The molecule has 4 heteroatoms. The Morgan fingerprint density at radius 3 is 2.26 bits per heavy atom. The third-order valence-corrected chi connectivity index (χ3v) is 5.36. The molecule has 0 radical (unpaired) electrons. The molecular weight excluding hydrogens is 380 g/mol. The smallest absolute Gasteiger partial charge is 0.0725 e. The molecule has 0 aliphatic heterocycles. The second-order valence-electron chi connectivity index (χ2n) is 7.85. The van der Waals surface area contributed by atoms with E-state index in [0.29, 0.717) is 5.70 Å². The number of nitrogens with two attached hydrogens (primary N) is 1. The van der Waals surface area contributed by atoms with E-state index < -0.39 is 0 Å². The Morgan fingerprint density at radius 1 is 0.935 bits per heavy atom. The molecule has 0 amide bonds. The first-order valence-electron chi connectivity index (χ1n) is 11.2. The zero-order valence-electron chi connectivity index (χ0n) is 19.0. The van der Waals surface area contributed by atoms with E-state index in [1.165, 1.54) is 11.3 Å². The number of hydrogen-bond donors (Lipinski definition) is 2. The minimum Gasteiger partial charge on any atom is -0.397 e. The standard InChI is InChI=1S/C27H34N4/c1-5-8-21-9-11-22(12-10-21)29-26-19-27(25(28)18-20(26)4)30-23-13-15-24(16-14-23)31(7-3)17-6-2/h9-16,18-19,30H,4-8,17,28H2,1-3H3. The summed E-state index contributed by atoms with van der Waals surface area (Å²) < 4.78 is 0. The van der Waals surface area contributed by atoms with Crippen molar-refractivity contribution >= 4 is 22.8 Å². The molecule has 31 heavy (non-hydrogen) atoms. The number of rotatable bonds is 9. The highest BCUT2D eigenvalue weighted by atomic mass is 15.1. The number of aliphatic imine (C=N–C) groups is 1. The van der Waals surface area contributed by atoms with E-state index in [1.54, 1.807) is 0 Å². The van der Waals surface area contributed by atoms with Crippen molar-refractivity contribution in [3.05, 3.63) is 89.8 Å². The summed E-state index contributed by atoms with van der Waals surface area (Å²) in [4.78, 5) is 7.16. The molecule has 3 N–H and O–H groups in total. The molecule has 0 fully saturated rings. The summed E-state index contributed by atoms with van der Waals surface area (Å²) in [5, 5.41) is 3.44. The lowest BCUT2D eigenvalue weighted by Gasteiger charge is -2.23. The third-order valence-electron chi connectivity index (χ3n) is 5.36. The highest BCUT2D eigenvalue weighted by Crippen LogP contribution is 2.24. The number of nitrogens with zero attached hydrogens (tertiary/aromatic N) is 2. The van der Waals surface area contributed by atoms with Crippen LogP contribution in [0.1, 0.15) is 39.2 Å². The number of allylic oxidation sites excluding steroid dienone is 3. The first-order valence-corrected chi connectivity index (χ1v) is 11.2. The van der Waals surface area contributed by atoms with Crippen LogP contribution < -0.4 is 16.0 Å². The molecule has 2 aromatic rings. The number of hydrogen-bond acceptors (Lipinski definition) is 4. The zero-order chi connectivity index (χ0) is 22.2. The average Bonchev–Trinajstić information content (AvgIpc) is 2.77. The molecule has 0 unspecified atom stereocenters.